The molecule has 2 amide bonds. The summed E-state index contributed by atoms with van der Waals surface area (Å²) in [4.78, 5) is 35.5. The summed E-state index contributed by atoms with van der Waals surface area (Å²) < 4.78 is 5.51. The van der Waals surface area contributed by atoms with Crippen LogP contribution in [0.15, 0.2) is 48.5 Å². The standard InChI is InChI=1S/C26H30N2O5/c29-24(28-23-13-7-12-21(23)25(30)31)14-5-6-15-27-26(32)33-16-22-19-10-3-1-8-17(19)18-9-2-4-11-20(18)22/h1-4,8-11,21-23H,5-7,12-16H2,(H,27,32)(H,28,29)(H,30,31)/t21-,23+/m1/s1. The van der Waals surface area contributed by atoms with E-state index >= 15 is 0 Å². The second-order valence-corrected chi connectivity index (χ2v) is 8.76. The Morgan fingerprint density at radius 1 is 0.939 bits per heavy atom. The van der Waals surface area contributed by atoms with Crippen LogP contribution in [-0.4, -0.2) is 42.3 Å². The van der Waals surface area contributed by atoms with Crippen molar-refractivity contribution in [3.05, 3.63) is 59.7 Å². The third-order valence-electron chi connectivity index (χ3n) is 6.62. The molecule has 4 rings (SSSR count). The van der Waals surface area contributed by atoms with E-state index in [0.717, 1.165) is 6.42 Å². The average Bonchev–Trinajstić information content (AvgIpc) is 3.40. The number of carboxylic acids is 1. The summed E-state index contributed by atoms with van der Waals surface area (Å²) in [6.07, 6.45) is 3.26. The fraction of sp³-hybridized carbons (Fsp3) is 0.423. The third-order valence-corrected chi connectivity index (χ3v) is 6.62. The van der Waals surface area contributed by atoms with Gasteiger partial charge in [-0.25, -0.2) is 4.79 Å². The zero-order valence-corrected chi connectivity index (χ0v) is 18.6. The van der Waals surface area contributed by atoms with E-state index in [4.69, 9.17) is 4.74 Å². The second kappa shape index (κ2) is 10.5. The van der Waals surface area contributed by atoms with E-state index in [1.54, 1.807) is 0 Å². The average molecular weight is 451 g/mol. The van der Waals surface area contributed by atoms with Gasteiger partial charge in [0.1, 0.15) is 6.61 Å². The summed E-state index contributed by atoms with van der Waals surface area (Å²) in [6, 6.07) is 16.1. The Kier molecular flexibility index (Phi) is 7.27. The highest BCUT2D eigenvalue weighted by atomic mass is 16.5. The van der Waals surface area contributed by atoms with Crippen LogP contribution in [0.2, 0.25) is 0 Å². The van der Waals surface area contributed by atoms with Gasteiger partial charge in [-0.05, 0) is 47.9 Å². The normalized spacial score (nSPS) is 18.9. The molecule has 0 aromatic heterocycles. The summed E-state index contributed by atoms with van der Waals surface area (Å²) in [5.41, 5.74) is 4.72. The maximum Gasteiger partial charge on any atom is 0.407 e. The molecule has 1 saturated carbocycles. The molecule has 0 heterocycles. The predicted octanol–water partition coefficient (Wildman–Crippen LogP) is 4.06. The van der Waals surface area contributed by atoms with E-state index in [1.165, 1.54) is 22.3 Å². The molecule has 2 atom stereocenters. The van der Waals surface area contributed by atoms with Gasteiger partial charge in [0.25, 0.3) is 0 Å². The Bertz CT molecular complexity index is 976. The van der Waals surface area contributed by atoms with Gasteiger partial charge in [-0.3, -0.25) is 9.59 Å². The van der Waals surface area contributed by atoms with Gasteiger partial charge < -0.3 is 20.5 Å². The first-order chi connectivity index (χ1) is 16.0. The number of carbonyl (C=O) groups excluding carboxylic acids is 2. The first-order valence-electron chi connectivity index (χ1n) is 11.7. The van der Waals surface area contributed by atoms with E-state index in [1.807, 2.05) is 24.3 Å². The molecule has 174 valence electrons. The second-order valence-electron chi connectivity index (χ2n) is 8.76. The van der Waals surface area contributed by atoms with E-state index in [2.05, 4.69) is 34.9 Å². The van der Waals surface area contributed by atoms with Gasteiger partial charge in [0, 0.05) is 24.9 Å². The van der Waals surface area contributed by atoms with Crippen molar-refractivity contribution in [3.8, 4) is 11.1 Å². The smallest absolute Gasteiger partial charge is 0.407 e. The van der Waals surface area contributed by atoms with Crippen LogP contribution in [0.4, 0.5) is 4.79 Å². The number of unbranched alkanes of at least 4 members (excludes halogenated alkanes) is 1. The van der Waals surface area contributed by atoms with Gasteiger partial charge >= 0.3 is 12.1 Å². The van der Waals surface area contributed by atoms with Crippen molar-refractivity contribution in [1.29, 1.82) is 0 Å². The summed E-state index contributed by atoms with van der Waals surface area (Å²) >= 11 is 0. The summed E-state index contributed by atoms with van der Waals surface area (Å²) in [5.74, 6) is -1.43. The molecule has 0 bridgehead atoms. The Hall–Kier alpha value is -3.35. The summed E-state index contributed by atoms with van der Waals surface area (Å²) in [7, 11) is 0. The quantitative estimate of drug-likeness (QED) is 0.500. The number of nitrogens with one attached hydrogen (secondary N) is 2. The highest BCUT2D eigenvalue weighted by Gasteiger charge is 2.33. The van der Waals surface area contributed by atoms with Gasteiger partial charge in [0.15, 0.2) is 0 Å². The lowest BCUT2D eigenvalue weighted by molar-refractivity contribution is -0.142. The fourth-order valence-electron chi connectivity index (χ4n) is 4.96. The predicted molar refractivity (Wildman–Crippen MR) is 124 cm³/mol. The topological polar surface area (TPSA) is 105 Å². The van der Waals surface area contributed by atoms with Crippen LogP contribution in [0.1, 0.15) is 55.6 Å². The molecule has 7 nitrogen and oxygen atoms in total. The van der Waals surface area contributed by atoms with Crippen molar-refractivity contribution in [3.63, 3.8) is 0 Å². The summed E-state index contributed by atoms with van der Waals surface area (Å²) in [6.45, 7) is 0.694. The third kappa shape index (κ3) is 5.35. The zero-order valence-electron chi connectivity index (χ0n) is 18.6. The van der Waals surface area contributed by atoms with Gasteiger partial charge in [-0.1, -0.05) is 55.0 Å². The van der Waals surface area contributed by atoms with Gasteiger partial charge in [-0.15, -0.1) is 0 Å². The minimum atomic E-state index is -0.843. The lowest BCUT2D eigenvalue weighted by Gasteiger charge is -2.17. The van der Waals surface area contributed by atoms with Crippen LogP contribution in [0.3, 0.4) is 0 Å². The molecule has 33 heavy (non-hydrogen) atoms. The number of carbonyl (C=O) groups is 3. The molecule has 0 spiro atoms. The van der Waals surface area contributed by atoms with Crippen molar-refractivity contribution < 1.29 is 24.2 Å². The highest BCUT2D eigenvalue weighted by molar-refractivity contribution is 5.79. The SMILES string of the molecule is O=C(CCCCNC(=O)OCC1c2ccccc2-c2ccccc21)N[C@H]1CCC[C@H]1C(=O)O. The molecule has 0 saturated heterocycles. The van der Waals surface area contributed by atoms with Crippen molar-refractivity contribution in [2.75, 3.05) is 13.2 Å². The van der Waals surface area contributed by atoms with Crippen molar-refractivity contribution in [2.45, 2.75) is 50.5 Å². The number of rotatable bonds is 9. The number of alkyl carbamates (subject to hydrolysis) is 1. The Labute approximate surface area is 193 Å². The van der Waals surface area contributed by atoms with Gasteiger partial charge in [0.05, 0.1) is 5.92 Å². The van der Waals surface area contributed by atoms with E-state index < -0.39 is 18.0 Å². The molecule has 3 N–H and O–H groups in total. The number of hydrogen-bond donors (Lipinski definition) is 3. The first-order valence-corrected chi connectivity index (χ1v) is 11.7. The molecule has 2 aromatic rings. The molecule has 2 aromatic carbocycles. The Morgan fingerprint density at radius 2 is 1.61 bits per heavy atom. The van der Waals surface area contributed by atoms with E-state index in [-0.39, 0.29) is 24.5 Å². The van der Waals surface area contributed by atoms with Crippen LogP contribution in [-0.2, 0) is 14.3 Å². The van der Waals surface area contributed by atoms with Crippen molar-refractivity contribution >= 4 is 18.0 Å². The maximum absolute atomic E-state index is 12.2. The summed E-state index contributed by atoms with van der Waals surface area (Å²) in [5, 5.41) is 14.8. The number of benzene rings is 2. The number of aliphatic carboxylic acids is 1. The van der Waals surface area contributed by atoms with Crippen LogP contribution in [0.25, 0.3) is 11.1 Å². The lowest BCUT2D eigenvalue weighted by Crippen LogP contribution is -2.40. The number of ether oxygens (including phenoxy) is 1. The highest BCUT2D eigenvalue weighted by Crippen LogP contribution is 2.44. The number of amides is 2. The maximum atomic E-state index is 12.2. The van der Waals surface area contributed by atoms with Crippen LogP contribution in [0, 0.1) is 5.92 Å². The molecule has 0 unspecified atom stereocenters. The zero-order chi connectivity index (χ0) is 23.2. The van der Waals surface area contributed by atoms with Gasteiger partial charge in [0.2, 0.25) is 5.91 Å². The fourth-order valence-corrected chi connectivity index (χ4v) is 4.96. The van der Waals surface area contributed by atoms with E-state index in [0.29, 0.717) is 38.6 Å². The van der Waals surface area contributed by atoms with Crippen LogP contribution in [0.5, 0.6) is 0 Å². The minimum Gasteiger partial charge on any atom is -0.481 e. The number of carboxylic acid groups (broad SMARTS) is 1. The van der Waals surface area contributed by atoms with Crippen LogP contribution < -0.4 is 10.6 Å². The monoisotopic (exact) mass is 450 g/mol. The van der Waals surface area contributed by atoms with Crippen molar-refractivity contribution in [2.24, 2.45) is 5.92 Å². The molecule has 2 aliphatic carbocycles. The molecule has 0 radical (unpaired) electrons. The molecular formula is C26H30N2O5. The van der Waals surface area contributed by atoms with Crippen molar-refractivity contribution in [1.82, 2.24) is 10.6 Å². The Balaban J connectivity index is 1.15. The van der Waals surface area contributed by atoms with Gasteiger partial charge in [-0.2, -0.15) is 0 Å². The first kappa shape index (κ1) is 22.8. The Morgan fingerprint density at radius 3 is 2.27 bits per heavy atom. The molecule has 1 fully saturated rings. The molecule has 7 heteroatoms. The molecule has 0 aliphatic heterocycles. The minimum absolute atomic E-state index is 0.0251. The van der Waals surface area contributed by atoms with E-state index in [9.17, 15) is 19.5 Å². The molecular weight excluding hydrogens is 420 g/mol. The largest absolute Gasteiger partial charge is 0.481 e. The number of hydrogen-bond acceptors (Lipinski definition) is 4. The van der Waals surface area contributed by atoms with Crippen LogP contribution >= 0.6 is 0 Å². The number of fused-ring (bicyclic) bond motifs is 3. The lowest BCUT2D eigenvalue weighted by atomic mass is 9.98. The molecule has 2 aliphatic rings.